The molecule has 0 aliphatic heterocycles. The summed E-state index contributed by atoms with van der Waals surface area (Å²) in [5.41, 5.74) is 10.3. The van der Waals surface area contributed by atoms with Crippen molar-refractivity contribution in [1.29, 1.82) is 0 Å². The molecule has 0 bridgehead atoms. The zero-order valence-electron chi connectivity index (χ0n) is 23.5. The zero-order chi connectivity index (χ0) is 27.8. The number of hydrogen-bond acceptors (Lipinski definition) is 8. The van der Waals surface area contributed by atoms with E-state index in [1.807, 2.05) is 65.6 Å². The summed E-state index contributed by atoms with van der Waals surface area (Å²) in [7, 11) is 1.64. The van der Waals surface area contributed by atoms with Crippen LogP contribution in [0, 0.1) is 5.92 Å². The summed E-state index contributed by atoms with van der Waals surface area (Å²) in [5.74, 6) is 2.71. The monoisotopic (exact) mass is 529 g/mol. The van der Waals surface area contributed by atoms with E-state index in [4.69, 9.17) is 15.2 Å². The molecule has 9 heteroatoms. The van der Waals surface area contributed by atoms with Crippen molar-refractivity contribution in [2.45, 2.75) is 34.2 Å². The Labute approximate surface area is 231 Å². The highest BCUT2D eigenvalue weighted by Crippen LogP contribution is 2.39. The van der Waals surface area contributed by atoms with E-state index in [-0.39, 0.29) is 5.95 Å². The maximum absolute atomic E-state index is 6.25. The first-order valence-corrected chi connectivity index (χ1v) is 13.5. The number of aromatic nitrogens is 4. The van der Waals surface area contributed by atoms with Crippen LogP contribution in [0.3, 0.4) is 0 Å². The van der Waals surface area contributed by atoms with E-state index in [9.17, 15) is 0 Å². The molecule has 0 saturated heterocycles. The van der Waals surface area contributed by atoms with E-state index in [0.717, 1.165) is 54.3 Å². The van der Waals surface area contributed by atoms with E-state index >= 15 is 0 Å². The van der Waals surface area contributed by atoms with Crippen molar-refractivity contribution >= 4 is 17.5 Å². The first-order valence-electron chi connectivity index (χ1n) is 13.5. The molecule has 0 radical (unpaired) electrons. The van der Waals surface area contributed by atoms with Gasteiger partial charge in [0.05, 0.1) is 30.3 Å². The standard InChI is InChI=1S/C30H39N7O2/c1-6-36(7-2)16-17-39-24-14-12-22(13-15-24)28-27(23-18-32-37(20-23)19-21(3)4)29(35-30(31)34-28)33-25-10-8-9-11-26(25)38-5/h8-15,18,20-21H,6-7,16-17,19H2,1-5H3,(H3,31,33,34,35). The van der Waals surface area contributed by atoms with Crippen LogP contribution in [0.15, 0.2) is 60.9 Å². The van der Waals surface area contributed by atoms with Crippen LogP contribution in [-0.4, -0.2) is 58.0 Å². The lowest BCUT2D eigenvalue weighted by Gasteiger charge is -2.18. The number of benzene rings is 2. The number of anilines is 3. The second-order valence-electron chi connectivity index (χ2n) is 9.72. The molecule has 4 rings (SSSR count). The number of likely N-dealkylation sites (N-methyl/N-ethyl adjacent to an activating group) is 1. The van der Waals surface area contributed by atoms with Crippen molar-refractivity contribution in [2.75, 3.05) is 44.4 Å². The van der Waals surface area contributed by atoms with Crippen molar-refractivity contribution in [1.82, 2.24) is 24.6 Å². The molecule has 0 spiro atoms. The van der Waals surface area contributed by atoms with E-state index in [0.29, 0.717) is 29.8 Å². The second kappa shape index (κ2) is 13.1. The van der Waals surface area contributed by atoms with Gasteiger partial charge in [-0.15, -0.1) is 0 Å². The first-order chi connectivity index (χ1) is 18.9. The number of methoxy groups -OCH3 is 1. The minimum atomic E-state index is 0.167. The van der Waals surface area contributed by atoms with Crippen LogP contribution < -0.4 is 20.5 Å². The first kappa shape index (κ1) is 27.9. The van der Waals surface area contributed by atoms with Crippen LogP contribution in [-0.2, 0) is 6.54 Å². The summed E-state index contributed by atoms with van der Waals surface area (Å²) in [4.78, 5) is 11.6. The van der Waals surface area contributed by atoms with Gasteiger partial charge in [-0.05, 0) is 55.4 Å². The molecule has 4 aromatic rings. The van der Waals surface area contributed by atoms with Crippen molar-refractivity contribution in [3.8, 4) is 33.9 Å². The Morgan fingerprint density at radius 2 is 1.74 bits per heavy atom. The normalized spacial score (nSPS) is 11.3. The van der Waals surface area contributed by atoms with Gasteiger partial charge < -0.3 is 25.4 Å². The fraction of sp³-hybridized carbons (Fsp3) is 0.367. The maximum Gasteiger partial charge on any atom is 0.222 e. The summed E-state index contributed by atoms with van der Waals surface area (Å²) in [6.07, 6.45) is 3.87. The average Bonchev–Trinajstić information content (AvgIpc) is 3.38. The molecule has 206 valence electrons. The Balaban J connectivity index is 1.72. The largest absolute Gasteiger partial charge is 0.495 e. The summed E-state index contributed by atoms with van der Waals surface area (Å²) < 4.78 is 13.5. The lowest BCUT2D eigenvalue weighted by molar-refractivity contribution is 0.223. The Morgan fingerprint density at radius 3 is 2.44 bits per heavy atom. The molecule has 0 aliphatic carbocycles. The van der Waals surface area contributed by atoms with E-state index in [1.54, 1.807) is 7.11 Å². The molecule has 2 aromatic heterocycles. The minimum absolute atomic E-state index is 0.167. The van der Waals surface area contributed by atoms with Gasteiger partial charge in [-0.3, -0.25) is 4.68 Å². The highest BCUT2D eigenvalue weighted by molar-refractivity contribution is 5.90. The predicted octanol–water partition coefficient (Wildman–Crippen LogP) is 5.72. The van der Waals surface area contributed by atoms with Gasteiger partial charge in [0.2, 0.25) is 5.95 Å². The van der Waals surface area contributed by atoms with Crippen LogP contribution >= 0.6 is 0 Å². The van der Waals surface area contributed by atoms with E-state index in [2.05, 4.69) is 53.0 Å². The molecular weight excluding hydrogens is 490 g/mol. The lowest BCUT2D eigenvalue weighted by Crippen LogP contribution is -2.27. The topological polar surface area (TPSA) is 103 Å². The third-order valence-corrected chi connectivity index (χ3v) is 6.46. The third-order valence-electron chi connectivity index (χ3n) is 6.46. The minimum Gasteiger partial charge on any atom is -0.495 e. The quantitative estimate of drug-likeness (QED) is 0.227. The lowest BCUT2D eigenvalue weighted by atomic mass is 10.0. The molecule has 0 atom stereocenters. The van der Waals surface area contributed by atoms with Gasteiger partial charge in [-0.2, -0.15) is 10.1 Å². The number of nitrogens with zero attached hydrogens (tertiary/aromatic N) is 5. The highest BCUT2D eigenvalue weighted by Gasteiger charge is 2.20. The molecule has 3 N–H and O–H groups in total. The molecule has 39 heavy (non-hydrogen) atoms. The van der Waals surface area contributed by atoms with Gasteiger partial charge in [0, 0.05) is 30.4 Å². The summed E-state index contributed by atoms with van der Waals surface area (Å²) in [6, 6.07) is 15.6. The number of ether oxygens (including phenoxy) is 2. The Bertz CT molecular complexity index is 1350. The fourth-order valence-electron chi connectivity index (χ4n) is 4.43. The number of rotatable bonds is 13. The second-order valence-corrected chi connectivity index (χ2v) is 9.72. The van der Waals surface area contributed by atoms with Gasteiger partial charge in [0.15, 0.2) is 0 Å². The van der Waals surface area contributed by atoms with Crippen LogP contribution in [0.25, 0.3) is 22.4 Å². The van der Waals surface area contributed by atoms with E-state index < -0.39 is 0 Å². The van der Waals surface area contributed by atoms with Crippen molar-refractivity contribution in [3.05, 3.63) is 60.9 Å². The summed E-state index contributed by atoms with van der Waals surface area (Å²) >= 11 is 0. The number of nitrogens with one attached hydrogen (secondary N) is 1. The molecule has 0 unspecified atom stereocenters. The molecule has 9 nitrogen and oxygen atoms in total. The van der Waals surface area contributed by atoms with Crippen molar-refractivity contribution in [2.24, 2.45) is 5.92 Å². The van der Waals surface area contributed by atoms with Crippen molar-refractivity contribution < 1.29 is 9.47 Å². The van der Waals surface area contributed by atoms with Gasteiger partial charge in [0.1, 0.15) is 23.9 Å². The number of nitrogens with two attached hydrogens (primary N) is 1. The Hall–Kier alpha value is -4.11. The third kappa shape index (κ3) is 7.06. The zero-order valence-corrected chi connectivity index (χ0v) is 23.5. The van der Waals surface area contributed by atoms with Crippen LogP contribution in [0.2, 0.25) is 0 Å². The van der Waals surface area contributed by atoms with Crippen molar-refractivity contribution in [3.63, 3.8) is 0 Å². The molecule has 0 saturated carbocycles. The van der Waals surface area contributed by atoms with Crippen LogP contribution in [0.5, 0.6) is 11.5 Å². The number of hydrogen-bond donors (Lipinski definition) is 2. The molecule has 2 aromatic carbocycles. The van der Waals surface area contributed by atoms with Gasteiger partial charge >= 0.3 is 0 Å². The summed E-state index contributed by atoms with van der Waals surface area (Å²) in [5, 5.41) is 8.03. The SMILES string of the molecule is CCN(CC)CCOc1ccc(-c2nc(N)nc(Nc3ccccc3OC)c2-c2cnn(CC(C)C)c2)cc1. The van der Waals surface area contributed by atoms with Gasteiger partial charge in [-0.1, -0.05) is 39.8 Å². The number of para-hydroxylation sites is 2. The fourth-order valence-corrected chi connectivity index (χ4v) is 4.43. The molecule has 0 fully saturated rings. The highest BCUT2D eigenvalue weighted by atomic mass is 16.5. The molecular formula is C30H39N7O2. The Kier molecular flexibility index (Phi) is 9.38. The van der Waals surface area contributed by atoms with Gasteiger partial charge in [0.25, 0.3) is 0 Å². The predicted molar refractivity (Wildman–Crippen MR) is 157 cm³/mol. The van der Waals surface area contributed by atoms with E-state index in [1.165, 1.54) is 0 Å². The number of nitrogen functional groups attached to an aromatic ring is 1. The summed E-state index contributed by atoms with van der Waals surface area (Å²) in [6.45, 7) is 13.0. The maximum atomic E-state index is 6.25. The Morgan fingerprint density at radius 1 is 1.00 bits per heavy atom. The smallest absolute Gasteiger partial charge is 0.222 e. The molecule has 0 amide bonds. The van der Waals surface area contributed by atoms with Crippen LogP contribution in [0.1, 0.15) is 27.7 Å². The van der Waals surface area contributed by atoms with Gasteiger partial charge in [-0.25, -0.2) is 4.98 Å². The van der Waals surface area contributed by atoms with Crippen LogP contribution in [0.4, 0.5) is 17.5 Å². The average molecular weight is 530 g/mol. The molecule has 0 aliphatic rings. The molecule has 2 heterocycles.